The first-order valence-electron chi connectivity index (χ1n) is 13.2. The fourth-order valence-corrected chi connectivity index (χ4v) is 4.90. The smallest absolute Gasteiger partial charge is 0.338 e. The van der Waals surface area contributed by atoms with Gasteiger partial charge in [-0.2, -0.15) is 4.98 Å². The minimum absolute atomic E-state index is 0.146. The van der Waals surface area contributed by atoms with Crippen LogP contribution < -0.4 is 22.5 Å². The number of nitrogens with two attached hydrogens (primary N) is 2. The molecule has 2 aliphatic heterocycles. The number of carbonyl (C=O) groups is 2. The van der Waals surface area contributed by atoms with E-state index in [1.165, 1.54) is 4.57 Å². The molecule has 2 aliphatic rings. The lowest BCUT2D eigenvalue weighted by molar-refractivity contribution is -0.137. The fraction of sp³-hybridized carbons (Fsp3) is 0.577. The number of nitrogens with one attached hydrogen (secondary N) is 1. The topological polar surface area (TPSA) is 156 Å². The van der Waals surface area contributed by atoms with Gasteiger partial charge >= 0.3 is 11.7 Å². The van der Waals surface area contributed by atoms with Gasteiger partial charge in [-0.05, 0) is 70.8 Å². The van der Waals surface area contributed by atoms with Crippen molar-refractivity contribution in [1.82, 2.24) is 29.2 Å². The van der Waals surface area contributed by atoms with E-state index in [1.54, 1.807) is 42.1 Å². The monoisotopic (exact) mass is 525 g/mol. The molecule has 12 heteroatoms. The first-order chi connectivity index (χ1) is 18.0. The molecule has 4 heterocycles. The summed E-state index contributed by atoms with van der Waals surface area (Å²) in [7, 11) is 0. The summed E-state index contributed by atoms with van der Waals surface area (Å²) in [5.74, 6) is 0.600. The summed E-state index contributed by atoms with van der Waals surface area (Å²) in [6, 6.07) is 5.21. The maximum absolute atomic E-state index is 12.7. The zero-order valence-corrected chi connectivity index (χ0v) is 22.5. The van der Waals surface area contributed by atoms with Crippen molar-refractivity contribution >= 4 is 17.8 Å². The van der Waals surface area contributed by atoms with Crippen LogP contribution in [0, 0.1) is 5.92 Å². The lowest BCUT2D eigenvalue weighted by Gasteiger charge is -2.37. The molecule has 206 valence electrons. The Kier molecular flexibility index (Phi) is 8.44. The largest absolute Gasteiger partial charge is 0.354 e. The van der Waals surface area contributed by atoms with Crippen molar-refractivity contribution in [3.8, 4) is 5.69 Å². The van der Waals surface area contributed by atoms with Crippen LogP contribution in [0.25, 0.3) is 5.69 Å². The van der Waals surface area contributed by atoms with Crippen molar-refractivity contribution in [3.63, 3.8) is 0 Å². The van der Waals surface area contributed by atoms with Crippen LogP contribution in [0.15, 0.2) is 35.4 Å². The van der Waals surface area contributed by atoms with Crippen molar-refractivity contribution in [2.45, 2.75) is 51.7 Å². The summed E-state index contributed by atoms with van der Waals surface area (Å²) in [5.41, 5.74) is 12.0. The van der Waals surface area contributed by atoms with Gasteiger partial charge in [0.25, 0.3) is 0 Å². The van der Waals surface area contributed by atoms with E-state index in [0.29, 0.717) is 37.8 Å². The van der Waals surface area contributed by atoms with Crippen LogP contribution in [0.1, 0.15) is 39.3 Å². The van der Waals surface area contributed by atoms with Crippen molar-refractivity contribution < 1.29 is 9.59 Å². The minimum atomic E-state index is -0.949. The van der Waals surface area contributed by atoms with Crippen molar-refractivity contribution in [1.29, 1.82) is 0 Å². The molecule has 0 radical (unpaired) electrons. The van der Waals surface area contributed by atoms with Crippen LogP contribution in [0.3, 0.4) is 0 Å². The summed E-state index contributed by atoms with van der Waals surface area (Å²) in [6.07, 6.45) is 5.43. The van der Waals surface area contributed by atoms with E-state index >= 15 is 0 Å². The number of aromatic nitrogens is 3. The Hall–Kier alpha value is -3.35. The number of piperazine rings is 1. The zero-order valence-electron chi connectivity index (χ0n) is 22.5. The van der Waals surface area contributed by atoms with Crippen LogP contribution in [0.4, 0.5) is 10.6 Å². The molecule has 5 N–H and O–H groups in total. The molecule has 0 aromatic carbocycles. The van der Waals surface area contributed by atoms with Crippen LogP contribution in [-0.2, 0) is 11.3 Å². The highest BCUT2D eigenvalue weighted by Gasteiger charge is 2.31. The van der Waals surface area contributed by atoms with E-state index in [0.717, 1.165) is 38.2 Å². The molecule has 2 aromatic rings. The molecular weight excluding hydrogens is 486 g/mol. The molecule has 2 saturated heterocycles. The van der Waals surface area contributed by atoms with Gasteiger partial charge in [-0.15, -0.1) is 0 Å². The Bertz CT molecular complexity index is 1170. The van der Waals surface area contributed by atoms with E-state index in [9.17, 15) is 14.4 Å². The van der Waals surface area contributed by atoms with E-state index in [-0.39, 0.29) is 23.8 Å². The highest BCUT2D eigenvalue weighted by atomic mass is 16.2. The van der Waals surface area contributed by atoms with Crippen molar-refractivity contribution in [3.05, 3.63) is 46.8 Å². The molecule has 0 saturated carbocycles. The Balaban J connectivity index is 1.30. The number of amides is 3. The quantitative estimate of drug-likeness (QED) is 0.495. The van der Waals surface area contributed by atoms with Gasteiger partial charge in [0, 0.05) is 45.0 Å². The van der Waals surface area contributed by atoms with E-state index in [4.69, 9.17) is 11.5 Å². The molecule has 0 aliphatic carbocycles. The zero-order chi connectivity index (χ0) is 27.4. The van der Waals surface area contributed by atoms with Gasteiger partial charge in [0.1, 0.15) is 5.82 Å². The lowest BCUT2D eigenvalue weighted by Crippen LogP contribution is -2.58. The Morgan fingerprint density at radius 1 is 1.08 bits per heavy atom. The minimum Gasteiger partial charge on any atom is -0.338 e. The number of likely N-dealkylation sites (tertiary alicyclic amines) is 1. The highest BCUT2D eigenvalue weighted by molar-refractivity contribution is 5.89. The fourth-order valence-electron chi connectivity index (χ4n) is 4.90. The predicted octanol–water partition coefficient (Wildman–Crippen LogP) is 0.600. The first kappa shape index (κ1) is 27.7. The average Bonchev–Trinajstić information content (AvgIpc) is 2.89. The van der Waals surface area contributed by atoms with Crippen LogP contribution in [0.2, 0.25) is 0 Å². The van der Waals surface area contributed by atoms with Gasteiger partial charge in [-0.25, -0.2) is 9.59 Å². The maximum Gasteiger partial charge on any atom is 0.354 e. The molecule has 0 bridgehead atoms. The second kappa shape index (κ2) is 11.6. The molecule has 38 heavy (non-hydrogen) atoms. The third-order valence-electron chi connectivity index (χ3n) is 7.29. The standard InChI is InChI=1S/C26H39N9O3/c1-18(27)19-6-9-32(10-7-19)17-20-4-5-21(16-29-20)35-11-8-22(31-25(35)38)30-24(37)34-14-12-33(13-15-34)23(36)26(2,3)28/h4-5,8,11,16,18-19H,6-7,9-10,12-15,17,27-28H2,1-3H3,(H,30,31,37,38). The summed E-state index contributed by atoms with van der Waals surface area (Å²) in [4.78, 5) is 51.9. The van der Waals surface area contributed by atoms with Gasteiger partial charge < -0.3 is 21.3 Å². The molecule has 12 nitrogen and oxygen atoms in total. The van der Waals surface area contributed by atoms with E-state index in [2.05, 4.69) is 27.1 Å². The summed E-state index contributed by atoms with van der Waals surface area (Å²) in [6.45, 7) is 9.72. The third-order valence-corrected chi connectivity index (χ3v) is 7.29. The number of hydrogen-bond donors (Lipinski definition) is 3. The van der Waals surface area contributed by atoms with Gasteiger partial charge in [-0.3, -0.25) is 24.6 Å². The number of carbonyl (C=O) groups excluding carboxylic acids is 2. The Morgan fingerprint density at radius 3 is 2.29 bits per heavy atom. The summed E-state index contributed by atoms with van der Waals surface area (Å²) < 4.78 is 1.39. The number of piperidine rings is 1. The van der Waals surface area contributed by atoms with Crippen molar-refractivity contribution in [2.24, 2.45) is 17.4 Å². The molecule has 1 atom stereocenters. The van der Waals surface area contributed by atoms with Gasteiger partial charge in [0.15, 0.2) is 0 Å². The number of pyridine rings is 1. The molecule has 2 fully saturated rings. The first-order valence-corrected chi connectivity index (χ1v) is 13.2. The lowest BCUT2D eigenvalue weighted by atomic mass is 9.91. The normalized spacial score (nSPS) is 18.3. The van der Waals surface area contributed by atoms with Crippen LogP contribution in [-0.4, -0.2) is 92.0 Å². The average molecular weight is 526 g/mol. The molecule has 2 aromatic heterocycles. The highest BCUT2D eigenvalue weighted by Crippen LogP contribution is 2.21. The number of urea groups is 1. The number of hydrogen-bond acceptors (Lipinski definition) is 8. The number of nitrogens with zero attached hydrogens (tertiary/aromatic N) is 6. The molecular formula is C26H39N9O3. The molecule has 0 spiro atoms. The summed E-state index contributed by atoms with van der Waals surface area (Å²) >= 11 is 0. The van der Waals surface area contributed by atoms with Gasteiger partial charge in [0.05, 0.1) is 23.1 Å². The van der Waals surface area contributed by atoms with E-state index < -0.39 is 11.2 Å². The molecule has 1 unspecified atom stereocenters. The predicted molar refractivity (Wildman–Crippen MR) is 145 cm³/mol. The maximum atomic E-state index is 12.7. The van der Waals surface area contributed by atoms with Gasteiger partial charge in [-0.1, -0.05) is 0 Å². The van der Waals surface area contributed by atoms with Crippen LogP contribution >= 0.6 is 0 Å². The van der Waals surface area contributed by atoms with Crippen molar-refractivity contribution in [2.75, 3.05) is 44.6 Å². The second-order valence-corrected chi connectivity index (χ2v) is 10.9. The Labute approximate surface area is 223 Å². The number of anilines is 1. The van der Waals surface area contributed by atoms with E-state index in [1.807, 2.05) is 12.1 Å². The van der Waals surface area contributed by atoms with Gasteiger partial charge in [0.2, 0.25) is 5.91 Å². The molecule has 4 rings (SSSR count). The van der Waals surface area contributed by atoms with Crippen LogP contribution in [0.5, 0.6) is 0 Å². The SMILES string of the molecule is CC(N)C1CCN(Cc2ccc(-n3ccc(NC(=O)N4CCN(C(=O)C(C)(C)N)CC4)nc3=O)cn2)CC1. The number of rotatable bonds is 6. The summed E-state index contributed by atoms with van der Waals surface area (Å²) in [5, 5.41) is 2.68. The second-order valence-electron chi connectivity index (χ2n) is 10.9. The molecule has 3 amide bonds. The third kappa shape index (κ3) is 6.74. The Morgan fingerprint density at radius 2 is 1.74 bits per heavy atom.